The van der Waals surface area contributed by atoms with Gasteiger partial charge >= 0.3 is 0 Å². The molecule has 2 rings (SSSR count). The molecule has 2 aliphatic rings. The van der Waals surface area contributed by atoms with Gasteiger partial charge in [0.15, 0.2) is 0 Å². The number of carbonyl (C=O) groups is 2. The zero-order chi connectivity index (χ0) is 13.2. The summed E-state index contributed by atoms with van der Waals surface area (Å²) in [7, 11) is 0. The summed E-state index contributed by atoms with van der Waals surface area (Å²) in [5.41, 5.74) is -0.392. The van der Waals surface area contributed by atoms with Crippen molar-refractivity contribution in [3.05, 3.63) is 0 Å². The Kier molecular flexibility index (Phi) is 5.62. The first-order chi connectivity index (χ1) is 8.53. The van der Waals surface area contributed by atoms with Crippen LogP contribution in [0.25, 0.3) is 0 Å². The minimum absolute atomic E-state index is 0. The predicted molar refractivity (Wildman–Crippen MR) is 76.3 cm³/mol. The largest absolute Gasteiger partial charge is 0.339 e. The minimum Gasteiger partial charge on any atom is -0.339 e. The van der Waals surface area contributed by atoms with Gasteiger partial charge in [0.05, 0.1) is 5.54 Å². The molecule has 2 heterocycles. The highest BCUT2D eigenvalue weighted by Crippen LogP contribution is 2.22. The maximum absolute atomic E-state index is 12.5. The fraction of sp³-hybridized carbons (Fsp3) is 0.846. The second-order valence-corrected chi connectivity index (χ2v) is 5.51. The van der Waals surface area contributed by atoms with Gasteiger partial charge in [-0.05, 0) is 32.7 Å². The van der Waals surface area contributed by atoms with Crippen LogP contribution in [-0.2, 0) is 9.59 Å². The van der Waals surface area contributed by atoms with Crippen molar-refractivity contribution in [2.75, 3.05) is 32.7 Å². The van der Waals surface area contributed by atoms with Crippen molar-refractivity contribution in [1.82, 2.24) is 15.1 Å². The van der Waals surface area contributed by atoms with Crippen LogP contribution in [0.1, 0.15) is 33.1 Å². The first kappa shape index (κ1) is 16.2. The van der Waals surface area contributed by atoms with Crippen molar-refractivity contribution < 1.29 is 9.59 Å². The number of hydrogen-bond donors (Lipinski definition) is 1. The van der Waals surface area contributed by atoms with E-state index in [2.05, 4.69) is 5.32 Å². The van der Waals surface area contributed by atoms with Gasteiger partial charge in [0.2, 0.25) is 11.8 Å². The first-order valence-corrected chi connectivity index (χ1v) is 6.83. The first-order valence-electron chi connectivity index (χ1n) is 6.83. The molecule has 19 heavy (non-hydrogen) atoms. The van der Waals surface area contributed by atoms with Gasteiger partial charge in [-0.1, -0.05) is 0 Å². The molecule has 5 nitrogen and oxygen atoms in total. The molecule has 2 saturated heterocycles. The van der Waals surface area contributed by atoms with E-state index in [0.29, 0.717) is 26.2 Å². The number of amides is 2. The zero-order valence-corrected chi connectivity index (χ0v) is 12.6. The highest BCUT2D eigenvalue weighted by Gasteiger charge is 2.38. The topological polar surface area (TPSA) is 52.7 Å². The lowest BCUT2D eigenvalue weighted by molar-refractivity contribution is -0.143. The molecule has 110 valence electrons. The quantitative estimate of drug-likeness (QED) is 0.770. The third-order valence-electron chi connectivity index (χ3n) is 4.10. The molecule has 0 saturated carbocycles. The normalized spacial score (nSPS) is 27.7. The highest BCUT2D eigenvalue weighted by molar-refractivity contribution is 5.86. The lowest BCUT2D eigenvalue weighted by atomic mass is 9.89. The van der Waals surface area contributed by atoms with Crippen LogP contribution < -0.4 is 5.32 Å². The molecule has 1 N–H and O–H groups in total. The van der Waals surface area contributed by atoms with Crippen LogP contribution in [0.5, 0.6) is 0 Å². The van der Waals surface area contributed by atoms with E-state index in [1.807, 2.05) is 11.8 Å². The van der Waals surface area contributed by atoms with Crippen molar-refractivity contribution in [3.8, 4) is 0 Å². The van der Waals surface area contributed by atoms with Crippen LogP contribution in [0, 0.1) is 0 Å². The summed E-state index contributed by atoms with van der Waals surface area (Å²) < 4.78 is 0. The lowest BCUT2D eigenvalue weighted by Gasteiger charge is -2.41. The lowest BCUT2D eigenvalue weighted by Crippen LogP contribution is -2.61. The molecule has 6 heteroatoms. The summed E-state index contributed by atoms with van der Waals surface area (Å²) in [6.07, 6.45) is 3.18. The number of rotatable bonds is 1. The standard InChI is InChI=1S/C13H23N3O2.ClH/c1-11(17)15-7-9-16(10-8-15)12(18)13(2)5-3-4-6-14-13;/h14H,3-10H2,1-2H3;1H. The summed E-state index contributed by atoms with van der Waals surface area (Å²) >= 11 is 0. The Balaban J connectivity index is 0.00000180. The molecule has 2 fully saturated rings. The molecule has 1 unspecified atom stereocenters. The van der Waals surface area contributed by atoms with E-state index in [1.54, 1.807) is 11.8 Å². The van der Waals surface area contributed by atoms with Gasteiger partial charge in [0, 0.05) is 33.1 Å². The van der Waals surface area contributed by atoms with E-state index in [-0.39, 0.29) is 24.2 Å². The van der Waals surface area contributed by atoms with Crippen LogP contribution >= 0.6 is 12.4 Å². The van der Waals surface area contributed by atoms with Gasteiger partial charge in [0.1, 0.15) is 0 Å². The second kappa shape index (κ2) is 6.57. The molecular formula is C13H24ClN3O2. The Hall–Kier alpha value is -0.810. The van der Waals surface area contributed by atoms with E-state index in [0.717, 1.165) is 25.8 Å². The maximum Gasteiger partial charge on any atom is 0.242 e. The Labute approximate surface area is 121 Å². The zero-order valence-electron chi connectivity index (χ0n) is 11.8. The fourth-order valence-electron chi connectivity index (χ4n) is 2.81. The smallest absolute Gasteiger partial charge is 0.242 e. The average molecular weight is 290 g/mol. The van der Waals surface area contributed by atoms with E-state index in [1.165, 1.54) is 0 Å². The Morgan fingerprint density at radius 1 is 1.05 bits per heavy atom. The van der Waals surface area contributed by atoms with Gasteiger partial charge in [-0.15, -0.1) is 12.4 Å². The monoisotopic (exact) mass is 289 g/mol. The van der Waals surface area contributed by atoms with Crippen LogP contribution in [0.3, 0.4) is 0 Å². The molecule has 0 aromatic carbocycles. The van der Waals surface area contributed by atoms with E-state index in [9.17, 15) is 9.59 Å². The molecule has 1 atom stereocenters. The van der Waals surface area contributed by atoms with Crippen molar-refractivity contribution >= 4 is 24.2 Å². The second-order valence-electron chi connectivity index (χ2n) is 5.51. The molecule has 0 radical (unpaired) electrons. The Morgan fingerprint density at radius 2 is 1.63 bits per heavy atom. The SMILES string of the molecule is CC(=O)N1CCN(C(=O)C2(C)CCCCN2)CC1.Cl. The van der Waals surface area contributed by atoms with Crippen molar-refractivity contribution in [1.29, 1.82) is 0 Å². The van der Waals surface area contributed by atoms with Crippen molar-refractivity contribution in [2.45, 2.75) is 38.6 Å². The number of carbonyl (C=O) groups excluding carboxylic acids is 2. The van der Waals surface area contributed by atoms with E-state index < -0.39 is 5.54 Å². The fourth-order valence-corrected chi connectivity index (χ4v) is 2.81. The van der Waals surface area contributed by atoms with E-state index in [4.69, 9.17) is 0 Å². The third kappa shape index (κ3) is 3.60. The molecular weight excluding hydrogens is 266 g/mol. The van der Waals surface area contributed by atoms with Crippen molar-refractivity contribution in [3.63, 3.8) is 0 Å². The summed E-state index contributed by atoms with van der Waals surface area (Å²) in [6.45, 7) is 7.17. The molecule has 0 spiro atoms. The van der Waals surface area contributed by atoms with Gasteiger partial charge in [-0.2, -0.15) is 0 Å². The number of piperazine rings is 1. The van der Waals surface area contributed by atoms with Gasteiger partial charge in [-0.3, -0.25) is 9.59 Å². The van der Waals surface area contributed by atoms with Gasteiger partial charge in [0.25, 0.3) is 0 Å². The Bertz CT molecular complexity index is 335. The predicted octanol–water partition coefficient (Wildman–Crippen LogP) is 0.631. The summed E-state index contributed by atoms with van der Waals surface area (Å²) in [6, 6.07) is 0. The number of nitrogens with one attached hydrogen (secondary N) is 1. The number of hydrogen-bond acceptors (Lipinski definition) is 3. The molecule has 0 aliphatic carbocycles. The summed E-state index contributed by atoms with van der Waals surface area (Å²) in [5.74, 6) is 0.300. The molecule has 0 aromatic heterocycles. The van der Waals surface area contributed by atoms with Crippen LogP contribution in [-0.4, -0.2) is 59.9 Å². The molecule has 0 bridgehead atoms. The Morgan fingerprint density at radius 3 is 2.11 bits per heavy atom. The molecule has 2 amide bonds. The maximum atomic E-state index is 12.5. The van der Waals surface area contributed by atoms with Gasteiger partial charge in [-0.25, -0.2) is 0 Å². The summed E-state index contributed by atoms with van der Waals surface area (Å²) in [4.78, 5) is 27.5. The third-order valence-corrected chi connectivity index (χ3v) is 4.10. The highest BCUT2D eigenvalue weighted by atomic mass is 35.5. The molecule has 2 aliphatic heterocycles. The number of piperidine rings is 1. The van der Waals surface area contributed by atoms with E-state index >= 15 is 0 Å². The minimum atomic E-state index is -0.392. The van der Waals surface area contributed by atoms with Crippen LogP contribution in [0.15, 0.2) is 0 Å². The van der Waals surface area contributed by atoms with Crippen LogP contribution in [0.4, 0.5) is 0 Å². The molecule has 0 aromatic rings. The summed E-state index contributed by atoms with van der Waals surface area (Å²) in [5, 5.41) is 3.35. The van der Waals surface area contributed by atoms with Crippen LogP contribution in [0.2, 0.25) is 0 Å². The number of nitrogens with zero attached hydrogens (tertiary/aromatic N) is 2. The van der Waals surface area contributed by atoms with Crippen molar-refractivity contribution in [2.24, 2.45) is 0 Å². The van der Waals surface area contributed by atoms with Gasteiger partial charge < -0.3 is 15.1 Å². The average Bonchev–Trinajstić information content (AvgIpc) is 2.39. The number of halogens is 1.